The summed E-state index contributed by atoms with van der Waals surface area (Å²) in [5.74, 6) is -0.303. The highest BCUT2D eigenvalue weighted by Crippen LogP contribution is 2.27. The average Bonchev–Trinajstić information content (AvgIpc) is 2.64. The van der Waals surface area contributed by atoms with Crippen molar-refractivity contribution >= 4 is 5.91 Å². The molecule has 1 aliphatic carbocycles. The van der Waals surface area contributed by atoms with Crippen molar-refractivity contribution in [1.29, 1.82) is 0 Å². The smallest absolute Gasteiger partial charge is 0.370 e. The van der Waals surface area contributed by atoms with Crippen LogP contribution in [0.3, 0.4) is 0 Å². The summed E-state index contributed by atoms with van der Waals surface area (Å²) in [7, 11) is 0. The van der Waals surface area contributed by atoms with Crippen molar-refractivity contribution in [3.63, 3.8) is 0 Å². The number of alkyl halides is 3. The lowest BCUT2D eigenvalue weighted by Crippen LogP contribution is -2.54. The zero-order valence-electron chi connectivity index (χ0n) is 10.3. The molecule has 18 heavy (non-hydrogen) atoms. The van der Waals surface area contributed by atoms with E-state index in [4.69, 9.17) is 5.73 Å². The van der Waals surface area contributed by atoms with Gasteiger partial charge in [-0.1, -0.05) is 12.8 Å². The topological polar surface area (TPSA) is 64.3 Å². The summed E-state index contributed by atoms with van der Waals surface area (Å²) < 4.78 is 40.0. The number of carbonyl (C=O) groups excluding carboxylic acids is 1. The van der Waals surface area contributed by atoms with Gasteiger partial charge in [-0.15, -0.1) is 0 Å². The minimum atomic E-state index is -4.34. The van der Waals surface area contributed by atoms with Gasteiger partial charge in [-0.25, -0.2) is 0 Å². The number of nitrogens with one attached hydrogen (secondary N) is 1. The first-order valence-electron chi connectivity index (χ1n) is 5.97. The molecule has 0 saturated heterocycles. The number of rotatable bonds is 5. The molecule has 106 valence electrons. The van der Waals surface area contributed by atoms with Gasteiger partial charge >= 0.3 is 6.18 Å². The maximum atomic E-state index is 11.8. The Hall–Kier alpha value is -0.820. The number of carbonyl (C=O) groups is 1. The van der Waals surface area contributed by atoms with Crippen LogP contribution in [-0.2, 0) is 9.53 Å². The third kappa shape index (κ3) is 4.81. The lowest BCUT2D eigenvalue weighted by molar-refractivity contribution is -0.175. The van der Waals surface area contributed by atoms with E-state index in [0.29, 0.717) is 12.8 Å². The first kappa shape index (κ1) is 15.2. The lowest BCUT2D eigenvalue weighted by Gasteiger charge is -2.25. The molecule has 0 aliphatic heterocycles. The maximum absolute atomic E-state index is 11.8. The molecule has 1 aliphatic rings. The Bertz CT molecular complexity index is 289. The second-order valence-corrected chi connectivity index (χ2v) is 4.87. The van der Waals surface area contributed by atoms with Crippen LogP contribution in [0.5, 0.6) is 0 Å². The van der Waals surface area contributed by atoms with Crippen LogP contribution in [-0.4, -0.2) is 36.9 Å². The van der Waals surface area contributed by atoms with E-state index >= 15 is 0 Å². The fourth-order valence-corrected chi connectivity index (χ4v) is 1.99. The third-order valence-corrected chi connectivity index (χ3v) is 2.96. The van der Waals surface area contributed by atoms with Crippen LogP contribution in [0, 0.1) is 0 Å². The Morgan fingerprint density at radius 1 is 1.44 bits per heavy atom. The van der Waals surface area contributed by atoms with Crippen LogP contribution in [0.25, 0.3) is 0 Å². The summed E-state index contributed by atoms with van der Waals surface area (Å²) >= 11 is 0. The molecule has 0 spiro atoms. The van der Waals surface area contributed by atoms with Gasteiger partial charge in [0.1, 0.15) is 6.61 Å². The van der Waals surface area contributed by atoms with Crippen molar-refractivity contribution in [2.75, 3.05) is 13.2 Å². The van der Waals surface area contributed by atoms with Crippen molar-refractivity contribution in [3.8, 4) is 0 Å². The zero-order valence-corrected chi connectivity index (χ0v) is 10.3. The first-order valence-corrected chi connectivity index (χ1v) is 5.97. The molecular weight excluding hydrogens is 249 g/mol. The normalized spacial score (nSPS) is 20.7. The Balaban J connectivity index is 2.27. The average molecular weight is 268 g/mol. The molecule has 3 N–H and O–H groups in total. The second kappa shape index (κ2) is 5.88. The summed E-state index contributed by atoms with van der Waals surface area (Å²) in [6.45, 7) is 0.106. The van der Waals surface area contributed by atoms with Gasteiger partial charge in [0.25, 0.3) is 0 Å². The van der Waals surface area contributed by atoms with Crippen LogP contribution in [0.15, 0.2) is 0 Å². The Kier molecular flexibility index (Phi) is 4.98. The molecule has 1 unspecified atom stereocenters. The fourth-order valence-electron chi connectivity index (χ4n) is 1.99. The van der Waals surface area contributed by atoms with E-state index in [1.54, 1.807) is 6.92 Å². The quantitative estimate of drug-likeness (QED) is 0.791. The van der Waals surface area contributed by atoms with Crippen LogP contribution in [0.4, 0.5) is 13.2 Å². The third-order valence-electron chi connectivity index (χ3n) is 2.96. The van der Waals surface area contributed by atoms with Crippen LogP contribution < -0.4 is 11.1 Å². The number of halogens is 3. The summed E-state index contributed by atoms with van der Waals surface area (Å²) in [4.78, 5) is 11.8. The molecule has 0 aromatic rings. The van der Waals surface area contributed by atoms with Crippen molar-refractivity contribution in [2.45, 2.75) is 50.4 Å². The Morgan fingerprint density at radius 3 is 2.50 bits per heavy atom. The number of hydrogen-bond acceptors (Lipinski definition) is 3. The monoisotopic (exact) mass is 268 g/mol. The van der Waals surface area contributed by atoms with E-state index in [1.165, 1.54) is 0 Å². The van der Waals surface area contributed by atoms with Gasteiger partial charge < -0.3 is 15.8 Å². The molecule has 0 bridgehead atoms. The molecule has 0 aromatic heterocycles. The molecule has 1 atom stereocenters. The predicted octanol–water partition coefficient (Wildman–Crippen LogP) is 1.34. The highest BCUT2D eigenvalue weighted by Gasteiger charge is 2.37. The Labute approximate surface area is 104 Å². The molecule has 1 saturated carbocycles. The number of hydrogen-bond donors (Lipinski definition) is 2. The van der Waals surface area contributed by atoms with Gasteiger partial charge in [0.15, 0.2) is 0 Å². The van der Waals surface area contributed by atoms with Gasteiger partial charge in [0, 0.05) is 6.04 Å². The summed E-state index contributed by atoms with van der Waals surface area (Å²) in [5, 5.41) is 2.59. The van der Waals surface area contributed by atoms with Crippen molar-refractivity contribution in [2.24, 2.45) is 5.73 Å². The maximum Gasteiger partial charge on any atom is 0.411 e. The fraction of sp³-hybridized carbons (Fsp3) is 0.909. The van der Waals surface area contributed by atoms with E-state index < -0.39 is 24.4 Å². The molecule has 0 aromatic carbocycles. The second-order valence-electron chi connectivity index (χ2n) is 4.87. The first-order chi connectivity index (χ1) is 8.23. The minimum Gasteiger partial charge on any atom is -0.370 e. The molecule has 1 rings (SSSR count). The molecule has 0 radical (unpaired) electrons. The standard InChI is InChI=1S/C11H19F3N2O2/c1-8(6-18-7-11(12,13)14)16-9(17)10(15)4-2-3-5-10/h8H,2-7,15H2,1H3,(H,16,17). The predicted molar refractivity (Wildman–Crippen MR) is 59.9 cm³/mol. The molecule has 1 fully saturated rings. The molecule has 4 nitrogen and oxygen atoms in total. The van der Waals surface area contributed by atoms with Gasteiger partial charge in [0.2, 0.25) is 5.91 Å². The summed E-state index contributed by atoms with van der Waals surface area (Å²) in [5.41, 5.74) is 5.05. The molecule has 7 heteroatoms. The summed E-state index contributed by atoms with van der Waals surface area (Å²) in [6.07, 6.45) is -1.29. The molecule has 1 amide bonds. The lowest BCUT2D eigenvalue weighted by atomic mass is 9.98. The number of amides is 1. The van der Waals surface area contributed by atoms with E-state index in [1.807, 2.05) is 0 Å². The van der Waals surface area contributed by atoms with Crippen LogP contribution in [0.1, 0.15) is 32.6 Å². The van der Waals surface area contributed by atoms with E-state index in [-0.39, 0.29) is 12.5 Å². The molecule has 0 heterocycles. The molecular formula is C11H19F3N2O2. The SMILES string of the molecule is CC(COCC(F)(F)F)NC(=O)C1(N)CCCC1. The summed E-state index contributed by atoms with van der Waals surface area (Å²) in [6, 6.07) is -0.485. The van der Waals surface area contributed by atoms with E-state index in [9.17, 15) is 18.0 Å². The highest BCUT2D eigenvalue weighted by molar-refractivity contribution is 5.86. The van der Waals surface area contributed by atoms with Gasteiger partial charge in [0.05, 0.1) is 12.1 Å². The zero-order chi connectivity index (χ0) is 13.8. The highest BCUT2D eigenvalue weighted by atomic mass is 19.4. The van der Waals surface area contributed by atoms with Gasteiger partial charge in [-0.05, 0) is 19.8 Å². The largest absolute Gasteiger partial charge is 0.411 e. The number of nitrogens with two attached hydrogens (primary N) is 1. The van der Waals surface area contributed by atoms with E-state index in [0.717, 1.165) is 12.8 Å². The Morgan fingerprint density at radius 2 is 2.00 bits per heavy atom. The van der Waals surface area contributed by atoms with Crippen molar-refractivity contribution in [3.05, 3.63) is 0 Å². The minimum absolute atomic E-state index is 0.179. The van der Waals surface area contributed by atoms with Crippen molar-refractivity contribution < 1.29 is 22.7 Å². The van der Waals surface area contributed by atoms with E-state index in [2.05, 4.69) is 10.1 Å². The number of ether oxygens (including phenoxy) is 1. The van der Waals surface area contributed by atoms with Crippen LogP contribution in [0.2, 0.25) is 0 Å². The van der Waals surface area contributed by atoms with Gasteiger partial charge in [-0.2, -0.15) is 13.2 Å². The van der Waals surface area contributed by atoms with Crippen LogP contribution >= 0.6 is 0 Å². The van der Waals surface area contributed by atoms with Gasteiger partial charge in [-0.3, -0.25) is 4.79 Å². The van der Waals surface area contributed by atoms with Crippen molar-refractivity contribution in [1.82, 2.24) is 5.32 Å².